The number of hydrogen-bond donors (Lipinski definition) is 1. The third-order valence-corrected chi connectivity index (χ3v) is 8.63. The number of sulfone groups is 1. The van der Waals surface area contributed by atoms with Crippen LogP contribution >= 0.6 is 0 Å². The third kappa shape index (κ3) is 6.21. The van der Waals surface area contributed by atoms with Gasteiger partial charge in [-0.3, -0.25) is 9.10 Å². The summed E-state index contributed by atoms with van der Waals surface area (Å²) in [5.41, 5.74) is 1.80. The van der Waals surface area contributed by atoms with Crippen LogP contribution in [-0.2, 0) is 31.2 Å². The van der Waals surface area contributed by atoms with Crippen molar-refractivity contribution in [1.29, 1.82) is 0 Å². The van der Waals surface area contributed by atoms with Gasteiger partial charge in [0.15, 0.2) is 0 Å². The Morgan fingerprint density at radius 1 is 1.02 bits per heavy atom. The number of anilines is 1. The van der Waals surface area contributed by atoms with E-state index in [2.05, 4.69) is 5.32 Å². The van der Waals surface area contributed by atoms with Crippen molar-refractivity contribution < 1.29 is 39.9 Å². The molecule has 1 aliphatic rings. The molecule has 0 spiro atoms. The van der Waals surface area contributed by atoms with E-state index in [-0.39, 0.29) is 47.3 Å². The minimum atomic E-state index is -3.83. The summed E-state index contributed by atoms with van der Waals surface area (Å²) < 4.78 is 81.4. The maximum atomic E-state index is 13.2. The van der Waals surface area contributed by atoms with Crippen LogP contribution in [0.3, 0.4) is 0 Å². The molecule has 41 heavy (non-hydrogen) atoms. The standard InChI is InChI=1S/C28H27FN2O8S2/c1-30-28(32)26-23-12-18-15-37-22(16-40(2,33)34)14-31(41(3,35)36)24(18)13-25(23)39-27(26)17-4-8-20(9-5-17)38-21-10-6-19(29)7-11-21/h4-13,22H,14-16H2,1-3H3,(H,30,32)/t22-/m0/s1. The van der Waals surface area contributed by atoms with E-state index < -0.39 is 31.9 Å². The molecular formula is C28H27FN2O8S2. The zero-order valence-electron chi connectivity index (χ0n) is 22.4. The van der Waals surface area contributed by atoms with Crippen molar-refractivity contribution in [2.75, 3.05) is 36.2 Å². The van der Waals surface area contributed by atoms with E-state index in [0.29, 0.717) is 28.0 Å². The lowest BCUT2D eigenvalue weighted by Crippen LogP contribution is -2.39. The van der Waals surface area contributed by atoms with Gasteiger partial charge in [-0.15, -0.1) is 0 Å². The SMILES string of the molecule is CNC(=O)c1c(-c2ccc(Oc3ccc(F)cc3)cc2)oc2cc3c(cc12)CO[C@H](CS(C)(=O)=O)CN3S(C)(=O)=O. The number of nitrogens with one attached hydrogen (secondary N) is 1. The minimum absolute atomic E-state index is 0.0689. The molecule has 3 aromatic carbocycles. The van der Waals surface area contributed by atoms with Crippen molar-refractivity contribution in [2.45, 2.75) is 12.7 Å². The molecule has 0 aliphatic carbocycles. The summed E-state index contributed by atoms with van der Waals surface area (Å²) in [6.45, 7) is -0.267. The van der Waals surface area contributed by atoms with E-state index in [1.165, 1.54) is 37.4 Å². The number of carbonyl (C=O) groups is 1. The Morgan fingerprint density at radius 2 is 1.66 bits per heavy atom. The number of amides is 1. The lowest BCUT2D eigenvalue weighted by Gasteiger charge is -2.24. The predicted molar refractivity (Wildman–Crippen MR) is 152 cm³/mol. The average Bonchev–Trinajstić information content (AvgIpc) is 3.18. The lowest BCUT2D eigenvalue weighted by molar-refractivity contribution is 0.0663. The highest BCUT2D eigenvalue weighted by Gasteiger charge is 2.32. The fourth-order valence-electron chi connectivity index (χ4n) is 4.69. The Kier molecular flexibility index (Phi) is 7.53. The molecular weight excluding hydrogens is 575 g/mol. The first-order valence-corrected chi connectivity index (χ1v) is 16.4. The molecule has 2 heterocycles. The summed E-state index contributed by atoms with van der Waals surface area (Å²) in [6, 6.07) is 15.5. The van der Waals surface area contributed by atoms with Gasteiger partial charge in [-0.05, 0) is 54.6 Å². The van der Waals surface area contributed by atoms with E-state index in [4.69, 9.17) is 13.9 Å². The lowest BCUT2D eigenvalue weighted by atomic mass is 10.0. The molecule has 0 unspecified atom stereocenters. The highest BCUT2D eigenvalue weighted by molar-refractivity contribution is 7.92. The van der Waals surface area contributed by atoms with Crippen LogP contribution in [0.15, 0.2) is 65.1 Å². The quantitative estimate of drug-likeness (QED) is 0.335. The van der Waals surface area contributed by atoms with Gasteiger partial charge < -0.3 is 19.2 Å². The molecule has 1 N–H and O–H groups in total. The molecule has 5 rings (SSSR count). The first kappa shape index (κ1) is 28.6. The number of ether oxygens (including phenoxy) is 2. The van der Waals surface area contributed by atoms with Gasteiger partial charge in [0.2, 0.25) is 10.0 Å². The highest BCUT2D eigenvalue weighted by Crippen LogP contribution is 2.40. The maximum Gasteiger partial charge on any atom is 0.255 e. The molecule has 4 aromatic rings. The van der Waals surface area contributed by atoms with E-state index in [9.17, 15) is 26.0 Å². The summed E-state index contributed by atoms with van der Waals surface area (Å²) in [5.74, 6) is 0.0413. The molecule has 1 aromatic heterocycles. The van der Waals surface area contributed by atoms with Crippen LogP contribution in [0.2, 0.25) is 0 Å². The highest BCUT2D eigenvalue weighted by atomic mass is 32.2. The Bertz CT molecular complexity index is 1830. The van der Waals surface area contributed by atoms with E-state index >= 15 is 0 Å². The molecule has 0 radical (unpaired) electrons. The van der Waals surface area contributed by atoms with Gasteiger partial charge in [0.25, 0.3) is 5.91 Å². The molecule has 0 bridgehead atoms. The number of benzene rings is 3. The Morgan fingerprint density at radius 3 is 2.24 bits per heavy atom. The number of furan rings is 1. The predicted octanol–water partition coefficient (Wildman–Crippen LogP) is 4.10. The number of fused-ring (bicyclic) bond motifs is 2. The van der Waals surface area contributed by atoms with Crippen molar-refractivity contribution in [1.82, 2.24) is 5.32 Å². The molecule has 10 nitrogen and oxygen atoms in total. The Balaban J connectivity index is 1.57. The van der Waals surface area contributed by atoms with Crippen LogP contribution < -0.4 is 14.4 Å². The van der Waals surface area contributed by atoms with Gasteiger partial charge in [-0.25, -0.2) is 21.2 Å². The number of carbonyl (C=O) groups excluding carboxylic acids is 1. The summed E-state index contributed by atoms with van der Waals surface area (Å²) >= 11 is 0. The molecule has 0 saturated carbocycles. The number of halogens is 1. The van der Waals surface area contributed by atoms with Gasteiger partial charge in [-0.2, -0.15) is 0 Å². The number of sulfonamides is 1. The van der Waals surface area contributed by atoms with Crippen molar-refractivity contribution in [3.8, 4) is 22.8 Å². The molecule has 1 aliphatic heterocycles. The van der Waals surface area contributed by atoms with Crippen LogP contribution in [-0.4, -0.2) is 60.7 Å². The van der Waals surface area contributed by atoms with Gasteiger partial charge in [-0.1, -0.05) is 0 Å². The Hall–Kier alpha value is -3.94. The smallest absolute Gasteiger partial charge is 0.255 e. The second-order valence-electron chi connectivity index (χ2n) is 9.76. The van der Waals surface area contributed by atoms with Crippen molar-refractivity contribution in [2.24, 2.45) is 0 Å². The van der Waals surface area contributed by atoms with Crippen molar-refractivity contribution >= 4 is 42.4 Å². The summed E-state index contributed by atoms with van der Waals surface area (Å²) in [6.07, 6.45) is 1.21. The van der Waals surface area contributed by atoms with E-state index in [1.54, 1.807) is 30.3 Å². The first-order valence-electron chi connectivity index (χ1n) is 12.4. The molecule has 216 valence electrons. The summed E-state index contributed by atoms with van der Waals surface area (Å²) in [4.78, 5) is 13.1. The van der Waals surface area contributed by atoms with E-state index in [0.717, 1.165) is 16.8 Å². The summed E-state index contributed by atoms with van der Waals surface area (Å²) in [7, 11) is -5.79. The van der Waals surface area contributed by atoms with Crippen LogP contribution in [0.25, 0.3) is 22.3 Å². The van der Waals surface area contributed by atoms with Gasteiger partial charge in [0, 0.05) is 35.9 Å². The number of hydrogen-bond acceptors (Lipinski definition) is 8. The molecule has 1 amide bonds. The number of rotatable bonds is 7. The minimum Gasteiger partial charge on any atom is -0.457 e. The van der Waals surface area contributed by atoms with Gasteiger partial charge >= 0.3 is 0 Å². The topological polar surface area (TPSA) is 132 Å². The second kappa shape index (κ2) is 10.8. The van der Waals surface area contributed by atoms with Gasteiger partial charge in [0.05, 0.1) is 42.5 Å². The molecule has 0 saturated heterocycles. The van der Waals surface area contributed by atoms with Crippen molar-refractivity contribution in [3.63, 3.8) is 0 Å². The normalized spacial score (nSPS) is 15.8. The maximum absolute atomic E-state index is 13.2. The van der Waals surface area contributed by atoms with Crippen LogP contribution in [0.4, 0.5) is 10.1 Å². The van der Waals surface area contributed by atoms with E-state index in [1.807, 2.05) is 0 Å². The summed E-state index contributed by atoms with van der Waals surface area (Å²) in [5, 5.41) is 3.05. The molecule has 0 fully saturated rings. The fraction of sp³-hybridized carbons (Fsp3) is 0.250. The van der Waals surface area contributed by atoms with Crippen LogP contribution in [0, 0.1) is 5.82 Å². The second-order valence-corrected chi connectivity index (χ2v) is 13.9. The zero-order chi connectivity index (χ0) is 29.5. The van der Waals surface area contributed by atoms with Gasteiger partial charge in [0.1, 0.15) is 38.5 Å². The van der Waals surface area contributed by atoms with Crippen molar-refractivity contribution in [3.05, 3.63) is 77.6 Å². The zero-order valence-corrected chi connectivity index (χ0v) is 24.0. The molecule has 1 atom stereocenters. The monoisotopic (exact) mass is 602 g/mol. The first-order chi connectivity index (χ1) is 19.3. The third-order valence-electron chi connectivity index (χ3n) is 6.51. The molecule has 13 heteroatoms. The number of nitrogens with zero attached hydrogens (tertiary/aromatic N) is 1. The Labute approximate surface area is 236 Å². The fourth-order valence-corrected chi connectivity index (χ4v) is 6.53. The average molecular weight is 603 g/mol. The largest absolute Gasteiger partial charge is 0.457 e. The van der Waals surface area contributed by atoms with Crippen LogP contribution in [0.5, 0.6) is 11.5 Å². The van der Waals surface area contributed by atoms with Crippen LogP contribution in [0.1, 0.15) is 15.9 Å².